The van der Waals surface area contributed by atoms with Gasteiger partial charge in [-0.2, -0.15) is 0 Å². The minimum Gasteiger partial charge on any atom is -0.507 e. The van der Waals surface area contributed by atoms with Gasteiger partial charge in [-0.3, -0.25) is 0 Å². The third-order valence-electron chi connectivity index (χ3n) is 3.42. The molecule has 0 amide bonds. The Morgan fingerprint density at radius 1 is 1.20 bits per heavy atom. The second-order valence-corrected chi connectivity index (χ2v) is 4.55. The maximum absolute atomic E-state index is 10.0. The second-order valence-electron chi connectivity index (χ2n) is 4.55. The van der Waals surface area contributed by atoms with Crippen LogP contribution in [0.15, 0.2) is 42.5 Å². The van der Waals surface area contributed by atoms with E-state index in [9.17, 15) is 5.11 Å². The van der Waals surface area contributed by atoms with E-state index in [-0.39, 0.29) is 5.75 Å². The zero-order chi connectivity index (χ0) is 14.1. The van der Waals surface area contributed by atoms with Crippen molar-refractivity contribution in [3.05, 3.63) is 42.5 Å². The van der Waals surface area contributed by atoms with Crippen molar-refractivity contribution in [2.45, 2.75) is 13.5 Å². The number of nitrogens with zero attached hydrogens (tertiary/aromatic N) is 2. The molecule has 0 saturated carbocycles. The fraction of sp³-hybridized carbons (Fsp3) is 0.188. The summed E-state index contributed by atoms with van der Waals surface area (Å²) in [5.41, 5.74) is 2.64. The molecule has 0 aliphatic rings. The van der Waals surface area contributed by atoms with Gasteiger partial charge in [0.15, 0.2) is 0 Å². The number of phenols is 1. The molecule has 0 radical (unpaired) electrons. The fourth-order valence-corrected chi connectivity index (χ4v) is 2.43. The van der Waals surface area contributed by atoms with Crippen LogP contribution in [0.5, 0.6) is 11.5 Å². The van der Waals surface area contributed by atoms with E-state index in [4.69, 9.17) is 4.74 Å². The molecule has 3 rings (SSSR count). The number of benzene rings is 2. The Morgan fingerprint density at radius 2 is 2.00 bits per heavy atom. The number of phenolic OH excluding ortho intramolecular Hbond substituents is 1. The van der Waals surface area contributed by atoms with Crippen LogP contribution in [0.25, 0.3) is 22.4 Å². The average molecular weight is 268 g/mol. The van der Waals surface area contributed by atoms with Crippen molar-refractivity contribution in [3.8, 4) is 22.9 Å². The normalized spacial score (nSPS) is 10.9. The van der Waals surface area contributed by atoms with Crippen LogP contribution < -0.4 is 4.74 Å². The van der Waals surface area contributed by atoms with Crippen molar-refractivity contribution < 1.29 is 9.84 Å². The average Bonchev–Trinajstić information content (AvgIpc) is 2.84. The quantitative estimate of drug-likeness (QED) is 0.791. The van der Waals surface area contributed by atoms with Gasteiger partial charge < -0.3 is 14.4 Å². The van der Waals surface area contributed by atoms with Crippen LogP contribution in [0.3, 0.4) is 0 Å². The highest BCUT2D eigenvalue weighted by Gasteiger charge is 2.14. The summed E-state index contributed by atoms with van der Waals surface area (Å²) in [6, 6.07) is 13.1. The van der Waals surface area contributed by atoms with Gasteiger partial charge in [0.1, 0.15) is 17.3 Å². The first-order valence-corrected chi connectivity index (χ1v) is 6.57. The van der Waals surface area contributed by atoms with Crippen molar-refractivity contribution in [1.29, 1.82) is 0 Å². The Labute approximate surface area is 117 Å². The van der Waals surface area contributed by atoms with E-state index < -0.39 is 0 Å². The first-order chi connectivity index (χ1) is 9.74. The molecule has 1 aromatic heterocycles. The van der Waals surface area contributed by atoms with Crippen LogP contribution in [0.4, 0.5) is 0 Å². The number of ether oxygens (including phenoxy) is 1. The van der Waals surface area contributed by atoms with E-state index in [0.717, 1.165) is 34.7 Å². The van der Waals surface area contributed by atoms with Crippen LogP contribution in [-0.2, 0) is 6.54 Å². The molecule has 0 fully saturated rings. The number of aromatic hydroxyl groups is 1. The van der Waals surface area contributed by atoms with Gasteiger partial charge in [0.2, 0.25) is 0 Å². The standard InChI is InChI=1S/C16H16N2O2/c1-3-18-14-9-8-11(20-2)10-13(14)17-16(18)12-6-4-5-7-15(12)19/h4-10,19H,3H2,1-2H3. The highest BCUT2D eigenvalue weighted by atomic mass is 16.5. The molecular formula is C16H16N2O2. The third kappa shape index (κ3) is 1.90. The van der Waals surface area contributed by atoms with E-state index in [1.165, 1.54) is 0 Å². The maximum atomic E-state index is 10.0. The molecule has 0 aliphatic heterocycles. The van der Waals surface area contributed by atoms with E-state index in [0.29, 0.717) is 0 Å². The molecule has 4 nitrogen and oxygen atoms in total. The van der Waals surface area contributed by atoms with Crippen molar-refractivity contribution >= 4 is 11.0 Å². The summed E-state index contributed by atoms with van der Waals surface area (Å²) in [4.78, 5) is 4.65. The monoisotopic (exact) mass is 268 g/mol. The first kappa shape index (κ1) is 12.5. The number of para-hydroxylation sites is 1. The number of methoxy groups -OCH3 is 1. The van der Waals surface area contributed by atoms with E-state index >= 15 is 0 Å². The summed E-state index contributed by atoms with van der Waals surface area (Å²) in [6.45, 7) is 2.85. The van der Waals surface area contributed by atoms with Gasteiger partial charge in [0.05, 0.1) is 23.7 Å². The first-order valence-electron chi connectivity index (χ1n) is 6.57. The molecule has 3 aromatic rings. The molecule has 0 unspecified atom stereocenters. The number of aryl methyl sites for hydroxylation is 1. The molecule has 0 spiro atoms. The summed E-state index contributed by atoms with van der Waals surface area (Å²) in [6.07, 6.45) is 0. The highest BCUT2D eigenvalue weighted by Crippen LogP contribution is 2.32. The minimum absolute atomic E-state index is 0.240. The number of hydrogen-bond donors (Lipinski definition) is 1. The predicted octanol–water partition coefficient (Wildman–Crippen LogP) is 3.44. The zero-order valence-corrected chi connectivity index (χ0v) is 11.5. The zero-order valence-electron chi connectivity index (χ0n) is 11.5. The molecule has 20 heavy (non-hydrogen) atoms. The summed E-state index contributed by atoms with van der Waals surface area (Å²) in [5, 5.41) is 10.0. The van der Waals surface area contributed by atoms with Gasteiger partial charge in [0, 0.05) is 12.6 Å². The molecule has 1 heterocycles. The lowest BCUT2D eigenvalue weighted by molar-refractivity contribution is 0.415. The highest BCUT2D eigenvalue weighted by molar-refractivity contribution is 5.83. The fourth-order valence-electron chi connectivity index (χ4n) is 2.43. The molecule has 1 N–H and O–H groups in total. The SMILES string of the molecule is CCn1c(-c2ccccc2O)nc2cc(OC)ccc21. The van der Waals surface area contributed by atoms with Crippen LogP contribution in [-0.4, -0.2) is 21.8 Å². The van der Waals surface area contributed by atoms with Crippen LogP contribution in [0, 0.1) is 0 Å². The Bertz CT molecular complexity index is 762. The van der Waals surface area contributed by atoms with Gasteiger partial charge in [-0.1, -0.05) is 12.1 Å². The van der Waals surface area contributed by atoms with Gasteiger partial charge >= 0.3 is 0 Å². The minimum atomic E-state index is 0.240. The molecule has 0 aliphatic carbocycles. The van der Waals surface area contributed by atoms with Crippen molar-refractivity contribution in [3.63, 3.8) is 0 Å². The van der Waals surface area contributed by atoms with Gasteiger partial charge in [-0.05, 0) is 31.2 Å². The summed E-state index contributed by atoms with van der Waals surface area (Å²) >= 11 is 0. The van der Waals surface area contributed by atoms with Gasteiger partial charge in [-0.15, -0.1) is 0 Å². The van der Waals surface area contributed by atoms with Crippen molar-refractivity contribution in [2.75, 3.05) is 7.11 Å². The summed E-state index contributed by atoms with van der Waals surface area (Å²) < 4.78 is 7.32. The van der Waals surface area contributed by atoms with E-state index in [1.54, 1.807) is 19.2 Å². The van der Waals surface area contributed by atoms with E-state index in [1.807, 2.05) is 30.3 Å². The number of aromatic nitrogens is 2. The number of rotatable bonds is 3. The molecule has 0 saturated heterocycles. The Kier molecular flexibility index (Phi) is 3.06. The molecule has 2 aromatic carbocycles. The van der Waals surface area contributed by atoms with Gasteiger partial charge in [0.25, 0.3) is 0 Å². The third-order valence-corrected chi connectivity index (χ3v) is 3.42. The molecule has 4 heteroatoms. The van der Waals surface area contributed by atoms with E-state index in [2.05, 4.69) is 16.5 Å². The number of imidazole rings is 1. The largest absolute Gasteiger partial charge is 0.507 e. The Hall–Kier alpha value is -2.49. The van der Waals surface area contributed by atoms with Crippen molar-refractivity contribution in [2.24, 2.45) is 0 Å². The molecule has 0 atom stereocenters. The predicted molar refractivity (Wildman–Crippen MR) is 79.1 cm³/mol. The number of hydrogen-bond acceptors (Lipinski definition) is 3. The lowest BCUT2D eigenvalue weighted by Crippen LogP contribution is -1.97. The maximum Gasteiger partial charge on any atom is 0.144 e. The lowest BCUT2D eigenvalue weighted by atomic mass is 10.2. The topological polar surface area (TPSA) is 47.3 Å². The molecular weight excluding hydrogens is 252 g/mol. The Morgan fingerprint density at radius 3 is 2.70 bits per heavy atom. The lowest BCUT2D eigenvalue weighted by Gasteiger charge is -2.07. The molecule has 0 bridgehead atoms. The van der Waals surface area contributed by atoms with Gasteiger partial charge in [-0.25, -0.2) is 4.98 Å². The van der Waals surface area contributed by atoms with Crippen LogP contribution >= 0.6 is 0 Å². The second kappa shape index (κ2) is 4.89. The van der Waals surface area contributed by atoms with Crippen LogP contribution in [0.1, 0.15) is 6.92 Å². The van der Waals surface area contributed by atoms with Crippen molar-refractivity contribution in [1.82, 2.24) is 9.55 Å². The summed E-state index contributed by atoms with van der Waals surface area (Å²) in [7, 11) is 1.64. The smallest absolute Gasteiger partial charge is 0.144 e. The number of fused-ring (bicyclic) bond motifs is 1. The summed E-state index contributed by atoms with van der Waals surface area (Å²) in [5.74, 6) is 1.79. The molecule has 102 valence electrons. The Balaban J connectivity index is 2.28. The van der Waals surface area contributed by atoms with Crippen LogP contribution in [0.2, 0.25) is 0 Å².